The molecule has 0 radical (unpaired) electrons. The van der Waals surface area contributed by atoms with Gasteiger partial charge < -0.3 is 15.4 Å². The van der Waals surface area contributed by atoms with Gasteiger partial charge in [0.05, 0.1) is 35.5 Å². The Kier molecular flexibility index (Phi) is 5.47. The van der Waals surface area contributed by atoms with Gasteiger partial charge in [0, 0.05) is 42.0 Å². The van der Waals surface area contributed by atoms with E-state index in [9.17, 15) is 4.39 Å². The molecule has 33 heavy (non-hydrogen) atoms. The molecule has 1 fully saturated rings. The predicted molar refractivity (Wildman–Crippen MR) is 130 cm³/mol. The zero-order valence-corrected chi connectivity index (χ0v) is 18.7. The first kappa shape index (κ1) is 21.4. The number of fused-ring (bicyclic) bond motifs is 2. The van der Waals surface area contributed by atoms with E-state index in [1.165, 1.54) is 12.1 Å². The molecule has 1 aliphatic heterocycles. The van der Waals surface area contributed by atoms with Crippen LogP contribution in [0.1, 0.15) is 11.4 Å². The Labute approximate surface area is 193 Å². The number of nitrogens with one attached hydrogen (secondary N) is 2. The fraction of sp³-hybridized carbons (Fsp3) is 0.217. The van der Waals surface area contributed by atoms with Gasteiger partial charge in [0.1, 0.15) is 16.7 Å². The van der Waals surface area contributed by atoms with Crippen molar-refractivity contribution in [3.05, 3.63) is 59.8 Å². The molecule has 10 heteroatoms. The van der Waals surface area contributed by atoms with Crippen molar-refractivity contribution in [3.8, 4) is 5.69 Å². The summed E-state index contributed by atoms with van der Waals surface area (Å²) in [5.41, 5.74) is 9.98. The quantitative estimate of drug-likeness (QED) is 0.314. The van der Waals surface area contributed by atoms with Crippen molar-refractivity contribution < 1.29 is 9.13 Å². The number of thioether (sulfide) groups is 1. The molecule has 4 aromatic rings. The highest BCUT2D eigenvalue weighted by molar-refractivity contribution is 8.26. The molecule has 0 atom stereocenters. The largest absolute Gasteiger partial charge is 0.378 e. The van der Waals surface area contributed by atoms with Crippen LogP contribution in [0.3, 0.4) is 0 Å². The Balaban J connectivity index is 1.78. The number of halogens is 1. The van der Waals surface area contributed by atoms with Gasteiger partial charge in [-0.1, -0.05) is 0 Å². The lowest BCUT2D eigenvalue weighted by Crippen LogP contribution is -2.36. The number of nitrogens with zero attached hydrogens (tertiary/aromatic N) is 4. The minimum Gasteiger partial charge on any atom is -0.378 e. The second-order valence-corrected chi connectivity index (χ2v) is 8.79. The minimum absolute atomic E-state index is 0.150. The van der Waals surface area contributed by atoms with E-state index in [1.54, 1.807) is 12.3 Å². The Morgan fingerprint density at radius 3 is 2.70 bits per heavy atom. The van der Waals surface area contributed by atoms with E-state index >= 15 is 0 Å². The lowest BCUT2D eigenvalue weighted by Gasteiger charge is -2.29. The van der Waals surface area contributed by atoms with E-state index < -0.39 is 0 Å². The van der Waals surface area contributed by atoms with Crippen LogP contribution < -0.4 is 10.6 Å². The maximum absolute atomic E-state index is 13.8. The molecule has 3 heterocycles. The van der Waals surface area contributed by atoms with Gasteiger partial charge in [-0.3, -0.25) is 20.4 Å². The van der Waals surface area contributed by atoms with Gasteiger partial charge in [0.2, 0.25) is 0 Å². The summed E-state index contributed by atoms with van der Waals surface area (Å²) in [6, 6.07) is 10.4. The summed E-state index contributed by atoms with van der Waals surface area (Å²) >= 11 is 0.893. The summed E-state index contributed by atoms with van der Waals surface area (Å²) in [7, 11) is 0. The lowest BCUT2D eigenvalue weighted by molar-refractivity contribution is 0.122. The molecular weight excluding hydrogens is 441 g/mol. The van der Waals surface area contributed by atoms with E-state index in [2.05, 4.69) is 16.0 Å². The maximum atomic E-state index is 13.8. The first-order chi connectivity index (χ1) is 15.9. The molecule has 0 saturated carbocycles. The molecule has 0 aliphatic carbocycles. The number of aromatic nitrogens is 3. The first-order valence-corrected chi connectivity index (χ1v) is 11.3. The van der Waals surface area contributed by atoms with Crippen LogP contribution in [-0.2, 0) is 4.74 Å². The molecule has 1 saturated heterocycles. The minimum atomic E-state index is -0.342. The number of nitrogens with two attached hydrogens (primary N) is 1. The van der Waals surface area contributed by atoms with Crippen LogP contribution >= 0.6 is 11.8 Å². The highest BCUT2D eigenvalue weighted by atomic mass is 32.2. The van der Waals surface area contributed by atoms with E-state index in [0.29, 0.717) is 29.8 Å². The van der Waals surface area contributed by atoms with Gasteiger partial charge >= 0.3 is 0 Å². The summed E-state index contributed by atoms with van der Waals surface area (Å²) in [5, 5.41) is 17.0. The number of pyridine rings is 1. The summed E-state index contributed by atoms with van der Waals surface area (Å²) in [6.45, 7) is 4.64. The monoisotopic (exact) mass is 463 g/mol. The molecule has 5 rings (SSSR count). The molecule has 8 nitrogen and oxygen atoms in total. The number of rotatable bonds is 3. The van der Waals surface area contributed by atoms with Crippen molar-refractivity contribution in [2.75, 3.05) is 31.2 Å². The highest BCUT2D eigenvalue weighted by Gasteiger charge is 2.21. The SMILES string of the molecule is Cc1nc2c(C(=N)SC(=N)N)cc(N3CCOCC3)cc2n1-c1ccnc2cc(F)ccc12. The fourth-order valence-corrected chi connectivity index (χ4v) is 4.71. The third-order valence-corrected chi connectivity index (χ3v) is 6.31. The third-order valence-electron chi connectivity index (χ3n) is 5.67. The summed E-state index contributed by atoms with van der Waals surface area (Å²) in [4.78, 5) is 11.3. The Morgan fingerprint density at radius 2 is 1.94 bits per heavy atom. The second-order valence-electron chi connectivity index (χ2n) is 7.74. The van der Waals surface area contributed by atoms with Crippen LogP contribution in [0, 0.1) is 23.6 Å². The predicted octanol–water partition coefficient (Wildman–Crippen LogP) is 3.81. The first-order valence-electron chi connectivity index (χ1n) is 10.4. The Bertz CT molecular complexity index is 1410. The van der Waals surface area contributed by atoms with Gasteiger partial charge in [-0.15, -0.1) is 0 Å². The highest BCUT2D eigenvalue weighted by Crippen LogP contribution is 2.33. The summed E-state index contributed by atoms with van der Waals surface area (Å²) in [5.74, 6) is 0.383. The average molecular weight is 464 g/mol. The van der Waals surface area contributed by atoms with Gasteiger partial charge in [0.25, 0.3) is 0 Å². The number of amidine groups is 1. The van der Waals surface area contributed by atoms with Crippen LogP contribution in [-0.4, -0.2) is 51.0 Å². The second kappa shape index (κ2) is 8.45. The fourth-order valence-electron chi connectivity index (χ4n) is 4.23. The van der Waals surface area contributed by atoms with Gasteiger partial charge in [-0.2, -0.15) is 0 Å². The van der Waals surface area contributed by atoms with Crippen molar-refractivity contribution in [2.24, 2.45) is 5.73 Å². The molecular formula is C23H22FN7OS. The lowest BCUT2D eigenvalue weighted by atomic mass is 10.1. The number of ether oxygens (including phenoxy) is 1. The molecule has 0 amide bonds. The smallest absolute Gasteiger partial charge is 0.157 e. The maximum Gasteiger partial charge on any atom is 0.157 e. The van der Waals surface area contributed by atoms with E-state index in [4.69, 9.17) is 26.3 Å². The summed E-state index contributed by atoms with van der Waals surface area (Å²) < 4.78 is 21.3. The van der Waals surface area contributed by atoms with Crippen LogP contribution in [0.25, 0.3) is 27.6 Å². The Hall–Kier alpha value is -3.50. The standard InChI is InChI=1S/C23H22FN7OS/c1-13-29-21-17(22(25)33-23(26)27)11-15(30-6-8-32-9-7-30)12-20(21)31(13)19-4-5-28-18-10-14(24)2-3-16(18)19/h2-5,10-12,25H,6-9H2,1H3,(H3,26,27). The van der Waals surface area contributed by atoms with Crippen LogP contribution in [0.2, 0.25) is 0 Å². The normalized spacial score (nSPS) is 14.2. The van der Waals surface area contributed by atoms with E-state index in [0.717, 1.165) is 53.0 Å². The number of anilines is 1. The van der Waals surface area contributed by atoms with Crippen LogP contribution in [0.15, 0.2) is 42.6 Å². The Morgan fingerprint density at radius 1 is 1.15 bits per heavy atom. The van der Waals surface area contributed by atoms with Gasteiger partial charge in [-0.25, -0.2) is 9.37 Å². The van der Waals surface area contributed by atoms with Crippen molar-refractivity contribution in [2.45, 2.75) is 6.92 Å². The molecule has 2 aromatic heterocycles. The van der Waals surface area contributed by atoms with Crippen molar-refractivity contribution in [1.29, 1.82) is 10.8 Å². The molecule has 0 spiro atoms. The molecule has 2 aromatic carbocycles. The zero-order valence-electron chi connectivity index (χ0n) is 17.9. The van der Waals surface area contributed by atoms with E-state index in [1.807, 2.05) is 23.6 Å². The van der Waals surface area contributed by atoms with Crippen molar-refractivity contribution in [1.82, 2.24) is 14.5 Å². The van der Waals surface area contributed by atoms with E-state index in [-0.39, 0.29) is 16.0 Å². The number of hydrogen-bond donors (Lipinski definition) is 3. The molecule has 4 N–H and O–H groups in total. The third kappa shape index (κ3) is 3.91. The number of hydrogen-bond acceptors (Lipinski definition) is 7. The number of imidazole rings is 1. The van der Waals surface area contributed by atoms with Crippen LogP contribution in [0.4, 0.5) is 10.1 Å². The summed E-state index contributed by atoms with van der Waals surface area (Å²) in [6.07, 6.45) is 1.66. The van der Waals surface area contributed by atoms with Gasteiger partial charge in [-0.05, 0) is 49.0 Å². The van der Waals surface area contributed by atoms with Crippen LogP contribution in [0.5, 0.6) is 0 Å². The molecule has 1 aliphatic rings. The average Bonchev–Trinajstić information content (AvgIpc) is 3.13. The number of morpholine rings is 1. The van der Waals surface area contributed by atoms with Crippen molar-refractivity contribution >= 4 is 49.6 Å². The van der Waals surface area contributed by atoms with Gasteiger partial charge in [0.15, 0.2) is 5.17 Å². The zero-order chi connectivity index (χ0) is 23.1. The molecule has 168 valence electrons. The topological polar surface area (TPSA) is 117 Å². The molecule has 0 bridgehead atoms. The number of aryl methyl sites for hydroxylation is 1. The number of benzene rings is 2. The molecule has 0 unspecified atom stereocenters. The van der Waals surface area contributed by atoms with Crippen molar-refractivity contribution in [3.63, 3.8) is 0 Å².